The molecule has 0 aliphatic rings. The van der Waals surface area contributed by atoms with Crippen molar-refractivity contribution in [1.82, 2.24) is 0 Å². The number of carbonyl (C=O) groups is 2. The van der Waals surface area contributed by atoms with E-state index in [-0.39, 0.29) is 12.6 Å². The molecule has 0 amide bonds. The maximum absolute atomic E-state index is 12.2. The standard InChI is InChI=1S/C27H28O6.C2H6/c1-20(26(28)29)18-21-8-12-24(13-9-21)31-16-5-17-32-25-14-10-23(11-15-25)27(30)33-19-22-6-3-2-4-7-22;1-2/h2-4,6-15,20H,5,16-19H2,1H3,(H,28,29);1-2H3. The molecule has 6 nitrogen and oxygen atoms in total. The molecule has 6 heteroatoms. The molecule has 1 atom stereocenters. The second-order valence-corrected chi connectivity index (χ2v) is 7.72. The Morgan fingerprint density at radius 1 is 0.771 bits per heavy atom. The van der Waals surface area contributed by atoms with Crippen LogP contribution >= 0.6 is 0 Å². The minimum Gasteiger partial charge on any atom is -0.493 e. The zero-order valence-electron chi connectivity index (χ0n) is 20.6. The molecular formula is C29H34O6. The van der Waals surface area contributed by atoms with Crippen molar-refractivity contribution in [1.29, 1.82) is 0 Å². The Morgan fingerprint density at radius 2 is 1.31 bits per heavy atom. The number of aliphatic carboxylic acids is 1. The van der Waals surface area contributed by atoms with Crippen LogP contribution in [0.25, 0.3) is 0 Å². The number of benzene rings is 3. The van der Waals surface area contributed by atoms with Crippen LogP contribution in [0.15, 0.2) is 78.9 Å². The Bertz CT molecular complexity index is 1010. The second-order valence-electron chi connectivity index (χ2n) is 7.72. The van der Waals surface area contributed by atoms with E-state index in [0.717, 1.165) is 16.9 Å². The van der Waals surface area contributed by atoms with Crippen LogP contribution < -0.4 is 9.47 Å². The molecule has 0 saturated carbocycles. The summed E-state index contributed by atoms with van der Waals surface area (Å²) >= 11 is 0. The minimum atomic E-state index is -0.798. The number of hydrogen-bond donors (Lipinski definition) is 1. The van der Waals surface area contributed by atoms with Crippen LogP contribution in [0.1, 0.15) is 48.7 Å². The van der Waals surface area contributed by atoms with Crippen molar-refractivity contribution in [3.63, 3.8) is 0 Å². The van der Waals surface area contributed by atoms with Crippen molar-refractivity contribution >= 4 is 11.9 Å². The van der Waals surface area contributed by atoms with E-state index in [1.807, 2.05) is 68.4 Å². The van der Waals surface area contributed by atoms with Gasteiger partial charge in [0.05, 0.1) is 24.7 Å². The topological polar surface area (TPSA) is 82.1 Å². The van der Waals surface area contributed by atoms with Gasteiger partial charge in [-0.2, -0.15) is 0 Å². The molecule has 1 unspecified atom stereocenters. The fraction of sp³-hybridized carbons (Fsp3) is 0.310. The predicted octanol–water partition coefficient (Wildman–Crippen LogP) is 6.18. The Labute approximate surface area is 207 Å². The fourth-order valence-corrected chi connectivity index (χ4v) is 3.10. The molecule has 3 aromatic carbocycles. The molecule has 0 bridgehead atoms. The molecule has 0 aliphatic carbocycles. The van der Waals surface area contributed by atoms with Gasteiger partial charge in [-0.05, 0) is 53.9 Å². The van der Waals surface area contributed by atoms with Gasteiger partial charge in [0.15, 0.2) is 0 Å². The van der Waals surface area contributed by atoms with Gasteiger partial charge < -0.3 is 19.3 Å². The van der Waals surface area contributed by atoms with E-state index in [0.29, 0.717) is 37.4 Å². The SMILES string of the molecule is CC.CC(Cc1ccc(OCCCOc2ccc(C(=O)OCc3ccccc3)cc2)cc1)C(=O)O. The number of carbonyl (C=O) groups excluding carboxylic acids is 1. The van der Waals surface area contributed by atoms with E-state index in [2.05, 4.69) is 0 Å². The first kappa shape index (κ1) is 27.4. The molecule has 186 valence electrons. The molecule has 0 radical (unpaired) electrons. The Balaban J connectivity index is 0.00000210. The highest BCUT2D eigenvalue weighted by Crippen LogP contribution is 2.17. The van der Waals surface area contributed by atoms with Gasteiger partial charge in [-0.25, -0.2) is 4.79 Å². The summed E-state index contributed by atoms with van der Waals surface area (Å²) < 4.78 is 16.7. The normalized spacial score (nSPS) is 10.9. The van der Waals surface area contributed by atoms with E-state index in [1.165, 1.54) is 0 Å². The van der Waals surface area contributed by atoms with Gasteiger partial charge in [-0.3, -0.25) is 4.79 Å². The minimum absolute atomic E-state index is 0.238. The average molecular weight is 479 g/mol. The highest BCUT2D eigenvalue weighted by Gasteiger charge is 2.11. The summed E-state index contributed by atoms with van der Waals surface area (Å²) in [5.41, 5.74) is 2.38. The summed E-state index contributed by atoms with van der Waals surface area (Å²) in [6.07, 6.45) is 1.19. The van der Waals surface area contributed by atoms with Crippen molar-refractivity contribution in [2.45, 2.75) is 40.2 Å². The van der Waals surface area contributed by atoms with Gasteiger partial charge >= 0.3 is 11.9 Å². The summed E-state index contributed by atoms with van der Waals surface area (Å²) in [7, 11) is 0. The lowest BCUT2D eigenvalue weighted by Crippen LogP contribution is -2.12. The highest BCUT2D eigenvalue weighted by atomic mass is 16.5. The van der Waals surface area contributed by atoms with E-state index >= 15 is 0 Å². The maximum Gasteiger partial charge on any atom is 0.338 e. The quantitative estimate of drug-likeness (QED) is 0.247. The number of esters is 1. The van der Waals surface area contributed by atoms with Gasteiger partial charge in [0.25, 0.3) is 0 Å². The highest BCUT2D eigenvalue weighted by molar-refractivity contribution is 5.89. The summed E-state index contributed by atoms with van der Waals surface area (Å²) in [5, 5.41) is 8.99. The first-order chi connectivity index (χ1) is 17.0. The van der Waals surface area contributed by atoms with Gasteiger partial charge in [-0.15, -0.1) is 0 Å². The number of ether oxygens (including phenoxy) is 3. The van der Waals surface area contributed by atoms with Gasteiger partial charge in [-0.1, -0.05) is 63.2 Å². The maximum atomic E-state index is 12.2. The van der Waals surface area contributed by atoms with Gasteiger partial charge in [0.2, 0.25) is 0 Å². The molecule has 0 fully saturated rings. The van der Waals surface area contributed by atoms with Crippen molar-refractivity contribution in [3.8, 4) is 11.5 Å². The first-order valence-electron chi connectivity index (χ1n) is 11.9. The molecule has 0 aromatic heterocycles. The van der Waals surface area contributed by atoms with Gasteiger partial charge in [0, 0.05) is 6.42 Å². The van der Waals surface area contributed by atoms with Crippen LogP contribution in [0.4, 0.5) is 0 Å². The number of carboxylic acids is 1. The van der Waals surface area contributed by atoms with Crippen LogP contribution in [0.2, 0.25) is 0 Å². The summed E-state index contributed by atoms with van der Waals surface area (Å²) in [6.45, 7) is 6.90. The van der Waals surface area contributed by atoms with Crippen molar-refractivity contribution in [2.75, 3.05) is 13.2 Å². The predicted molar refractivity (Wildman–Crippen MR) is 136 cm³/mol. The zero-order valence-corrected chi connectivity index (χ0v) is 20.6. The second kappa shape index (κ2) is 15.2. The summed E-state index contributed by atoms with van der Waals surface area (Å²) in [6, 6.07) is 23.9. The van der Waals surface area contributed by atoms with E-state index in [9.17, 15) is 9.59 Å². The Morgan fingerprint density at radius 3 is 1.86 bits per heavy atom. The third-order valence-electron chi connectivity index (χ3n) is 5.02. The van der Waals surface area contributed by atoms with Crippen LogP contribution in [0.5, 0.6) is 11.5 Å². The zero-order chi connectivity index (χ0) is 25.5. The smallest absolute Gasteiger partial charge is 0.338 e. The van der Waals surface area contributed by atoms with E-state index < -0.39 is 11.9 Å². The van der Waals surface area contributed by atoms with Crippen LogP contribution in [-0.4, -0.2) is 30.3 Å². The third-order valence-corrected chi connectivity index (χ3v) is 5.02. The molecule has 3 aromatic rings. The molecule has 35 heavy (non-hydrogen) atoms. The molecule has 0 heterocycles. The van der Waals surface area contributed by atoms with Crippen LogP contribution in [-0.2, 0) is 22.6 Å². The first-order valence-corrected chi connectivity index (χ1v) is 11.9. The van der Waals surface area contributed by atoms with Crippen LogP contribution in [0.3, 0.4) is 0 Å². The average Bonchev–Trinajstić information content (AvgIpc) is 2.90. The largest absolute Gasteiger partial charge is 0.493 e. The van der Waals surface area contributed by atoms with E-state index in [1.54, 1.807) is 31.2 Å². The van der Waals surface area contributed by atoms with Crippen LogP contribution in [0, 0.1) is 5.92 Å². The molecule has 3 rings (SSSR count). The monoisotopic (exact) mass is 478 g/mol. The summed E-state index contributed by atoms with van der Waals surface area (Å²) in [5.74, 6) is -0.176. The number of hydrogen-bond acceptors (Lipinski definition) is 5. The lowest BCUT2D eigenvalue weighted by atomic mass is 10.0. The van der Waals surface area contributed by atoms with E-state index in [4.69, 9.17) is 19.3 Å². The molecule has 0 saturated heterocycles. The fourth-order valence-electron chi connectivity index (χ4n) is 3.10. The van der Waals surface area contributed by atoms with Crippen molar-refractivity contribution < 1.29 is 28.9 Å². The molecule has 0 spiro atoms. The lowest BCUT2D eigenvalue weighted by molar-refractivity contribution is -0.141. The number of carboxylic acid groups (broad SMARTS) is 1. The molecule has 0 aliphatic heterocycles. The Hall–Kier alpha value is -3.80. The van der Waals surface area contributed by atoms with Crippen molar-refractivity contribution in [3.05, 3.63) is 95.6 Å². The number of rotatable bonds is 12. The van der Waals surface area contributed by atoms with Gasteiger partial charge in [0.1, 0.15) is 18.1 Å². The lowest BCUT2D eigenvalue weighted by Gasteiger charge is -2.10. The molecular weight excluding hydrogens is 444 g/mol. The molecule has 1 N–H and O–H groups in total. The van der Waals surface area contributed by atoms with Crippen molar-refractivity contribution in [2.24, 2.45) is 5.92 Å². The Kier molecular flexibility index (Phi) is 11.9. The third kappa shape index (κ3) is 9.92. The summed E-state index contributed by atoms with van der Waals surface area (Å²) in [4.78, 5) is 23.1.